The first-order valence-corrected chi connectivity index (χ1v) is 8.06. The van der Waals surface area contributed by atoms with Crippen molar-refractivity contribution in [2.45, 2.75) is 61.8 Å². The summed E-state index contributed by atoms with van der Waals surface area (Å²) in [7, 11) is 0. The third kappa shape index (κ3) is 10.7. The molecule has 0 saturated carbocycles. The molecule has 1 heterocycles. The van der Waals surface area contributed by atoms with E-state index in [0.717, 1.165) is 31.2 Å². The maximum absolute atomic E-state index is 5.65. The summed E-state index contributed by atoms with van der Waals surface area (Å²) in [4.78, 5) is 0. The van der Waals surface area contributed by atoms with E-state index < -0.39 is 0 Å². The summed E-state index contributed by atoms with van der Waals surface area (Å²) in [5, 5.41) is 0. The van der Waals surface area contributed by atoms with Crippen LogP contribution in [0.1, 0.15) is 61.8 Å². The highest BCUT2D eigenvalue weighted by atomic mass is 16.5. The van der Waals surface area contributed by atoms with Gasteiger partial charge in [-0.3, -0.25) is 0 Å². The molecule has 2 nitrogen and oxygen atoms in total. The van der Waals surface area contributed by atoms with Crippen molar-refractivity contribution in [3.8, 4) is 0 Å². The minimum absolute atomic E-state index is 0.487. The minimum Gasteiger partial charge on any atom is -0.490 e. The quantitative estimate of drug-likeness (QED) is 0.609. The number of hydrogen-bond acceptors (Lipinski definition) is 2. The van der Waals surface area contributed by atoms with Gasteiger partial charge >= 0.3 is 0 Å². The van der Waals surface area contributed by atoms with Crippen LogP contribution in [0.4, 0.5) is 0 Å². The van der Waals surface area contributed by atoms with Gasteiger partial charge in [0, 0.05) is 5.92 Å². The van der Waals surface area contributed by atoms with E-state index in [4.69, 9.17) is 9.47 Å². The molecule has 0 aromatic heterocycles. The summed E-state index contributed by atoms with van der Waals surface area (Å²) in [5.74, 6) is 2.10. The highest BCUT2D eigenvalue weighted by Crippen LogP contribution is 2.21. The summed E-state index contributed by atoms with van der Waals surface area (Å²) < 4.78 is 11.3. The highest BCUT2D eigenvalue weighted by Gasteiger charge is 2.17. The van der Waals surface area contributed by atoms with Crippen molar-refractivity contribution in [3.63, 3.8) is 0 Å². The Morgan fingerprint density at radius 3 is 1.80 bits per heavy atom. The van der Waals surface area contributed by atoms with E-state index in [1.807, 2.05) is 60.6 Å². The first kappa shape index (κ1) is 23.9. The lowest BCUT2D eigenvalue weighted by molar-refractivity contribution is 0.159. The van der Waals surface area contributed by atoms with Crippen LogP contribution in [0.5, 0.6) is 0 Å². The molecule has 0 aliphatic carbocycles. The standard InChI is InChI=1S/C12H18O2.3C2H6/c1-4-7-12-11(6-3)13-8-10(5-2)9-14-12;3*1-2/h4,6-7,10H,1,5,8-9H2,2-3H3;3*1-2H3/b11-6+,12-7+;;;. The van der Waals surface area contributed by atoms with Gasteiger partial charge in [-0.15, -0.1) is 0 Å². The molecular weight excluding hydrogens is 248 g/mol. The van der Waals surface area contributed by atoms with Crippen molar-refractivity contribution in [3.05, 3.63) is 36.3 Å². The molecule has 1 unspecified atom stereocenters. The van der Waals surface area contributed by atoms with Gasteiger partial charge < -0.3 is 9.47 Å². The normalized spacial score (nSPS) is 20.5. The molecule has 0 N–H and O–H groups in total. The first-order chi connectivity index (χ1) is 9.81. The average Bonchev–Trinajstić information content (AvgIpc) is 2.75. The molecule has 0 aromatic carbocycles. The monoisotopic (exact) mass is 284 g/mol. The second-order valence-corrected chi connectivity index (χ2v) is 3.32. The molecule has 1 aliphatic heterocycles. The van der Waals surface area contributed by atoms with Gasteiger partial charge in [-0.25, -0.2) is 0 Å². The van der Waals surface area contributed by atoms with Gasteiger partial charge in [0.25, 0.3) is 0 Å². The largest absolute Gasteiger partial charge is 0.490 e. The third-order valence-corrected chi connectivity index (χ3v) is 2.30. The van der Waals surface area contributed by atoms with Crippen molar-refractivity contribution in [2.24, 2.45) is 5.92 Å². The van der Waals surface area contributed by atoms with Crippen LogP contribution in [0.2, 0.25) is 0 Å². The van der Waals surface area contributed by atoms with Gasteiger partial charge in [0.1, 0.15) is 0 Å². The molecule has 0 spiro atoms. The summed E-state index contributed by atoms with van der Waals surface area (Å²) >= 11 is 0. The van der Waals surface area contributed by atoms with Crippen LogP contribution in [0.25, 0.3) is 0 Å². The van der Waals surface area contributed by atoms with Crippen LogP contribution < -0.4 is 0 Å². The minimum atomic E-state index is 0.487. The average molecular weight is 284 g/mol. The molecule has 1 aliphatic rings. The van der Waals surface area contributed by atoms with Crippen LogP contribution in [0.3, 0.4) is 0 Å². The van der Waals surface area contributed by atoms with Gasteiger partial charge in [0.2, 0.25) is 0 Å². The fourth-order valence-electron chi connectivity index (χ4n) is 1.30. The molecular formula is C18H36O2. The Kier molecular flexibility index (Phi) is 24.1. The van der Waals surface area contributed by atoms with E-state index in [1.165, 1.54) is 0 Å². The maximum atomic E-state index is 5.65. The summed E-state index contributed by atoms with van der Waals surface area (Å²) in [5.41, 5.74) is 0. The van der Waals surface area contributed by atoms with Crippen molar-refractivity contribution in [1.29, 1.82) is 0 Å². The zero-order valence-corrected chi connectivity index (χ0v) is 15.0. The number of ether oxygens (including phenoxy) is 2. The van der Waals surface area contributed by atoms with E-state index in [1.54, 1.807) is 6.08 Å². The van der Waals surface area contributed by atoms with E-state index in [-0.39, 0.29) is 0 Å². The molecule has 0 bridgehead atoms. The molecule has 0 radical (unpaired) electrons. The Hall–Kier alpha value is -1.18. The lowest BCUT2D eigenvalue weighted by Crippen LogP contribution is -2.09. The lowest BCUT2D eigenvalue weighted by atomic mass is 10.1. The number of hydrogen-bond donors (Lipinski definition) is 0. The van der Waals surface area contributed by atoms with Gasteiger partial charge in [-0.05, 0) is 25.5 Å². The molecule has 1 saturated heterocycles. The highest BCUT2D eigenvalue weighted by molar-refractivity contribution is 5.23. The van der Waals surface area contributed by atoms with Crippen LogP contribution in [0.15, 0.2) is 36.3 Å². The van der Waals surface area contributed by atoms with E-state index >= 15 is 0 Å². The zero-order chi connectivity index (χ0) is 16.4. The van der Waals surface area contributed by atoms with Gasteiger partial charge in [0.15, 0.2) is 11.5 Å². The van der Waals surface area contributed by atoms with E-state index in [9.17, 15) is 0 Å². The molecule has 2 heteroatoms. The van der Waals surface area contributed by atoms with Crippen LogP contribution in [-0.4, -0.2) is 13.2 Å². The van der Waals surface area contributed by atoms with Crippen molar-refractivity contribution >= 4 is 0 Å². The molecule has 20 heavy (non-hydrogen) atoms. The van der Waals surface area contributed by atoms with E-state index in [0.29, 0.717) is 5.92 Å². The molecule has 1 rings (SSSR count). The fraction of sp³-hybridized carbons (Fsp3) is 0.667. The Balaban J connectivity index is -0.000000425. The van der Waals surface area contributed by atoms with Crippen LogP contribution in [-0.2, 0) is 9.47 Å². The predicted octanol–water partition coefficient (Wildman–Crippen LogP) is 6.11. The zero-order valence-electron chi connectivity index (χ0n) is 15.0. The SMILES string of the molecule is C=C/C=C1/OCC(CC)CO/C1=C/C.CC.CC.CC. The first-order valence-electron chi connectivity index (χ1n) is 8.06. The molecule has 120 valence electrons. The Morgan fingerprint density at radius 2 is 1.45 bits per heavy atom. The maximum Gasteiger partial charge on any atom is 0.160 e. The predicted molar refractivity (Wildman–Crippen MR) is 91.8 cm³/mol. The summed E-state index contributed by atoms with van der Waals surface area (Å²) in [6.07, 6.45) is 6.56. The third-order valence-electron chi connectivity index (χ3n) is 2.30. The smallest absolute Gasteiger partial charge is 0.160 e. The molecule has 1 fully saturated rings. The summed E-state index contributed by atoms with van der Waals surface area (Å²) in [6, 6.07) is 0. The topological polar surface area (TPSA) is 18.5 Å². The van der Waals surface area contributed by atoms with E-state index in [2.05, 4.69) is 13.5 Å². The fourth-order valence-corrected chi connectivity index (χ4v) is 1.30. The molecule has 0 aromatic rings. The van der Waals surface area contributed by atoms with Crippen molar-refractivity contribution in [2.75, 3.05) is 13.2 Å². The lowest BCUT2D eigenvalue weighted by Gasteiger charge is -2.08. The van der Waals surface area contributed by atoms with Crippen LogP contribution >= 0.6 is 0 Å². The number of allylic oxidation sites excluding steroid dienone is 3. The Labute approximate surface area is 127 Å². The molecule has 1 atom stereocenters. The van der Waals surface area contributed by atoms with Crippen molar-refractivity contribution < 1.29 is 9.47 Å². The number of rotatable bonds is 2. The summed E-state index contributed by atoms with van der Waals surface area (Å²) in [6.45, 7) is 21.2. The Bertz CT molecular complexity index is 252. The van der Waals surface area contributed by atoms with Crippen LogP contribution in [0, 0.1) is 5.92 Å². The Morgan fingerprint density at radius 1 is 1.00 bits per heavy atom. The van der Waals surface area contributed by atoms with Crippen molar-refractivity contribution in [1.82, 2.24) is 0 Å². The second-order valence-electron chi connectivity index (χ2n) is 3.32. The second kappa shape index (κ2) is 20.1. The van der Waals surface area contributed by atoms with Gasteiger partial charge in [0.05, 0.1) is 13.2 Å². The molecule has 0 amide bonds. The van der Waals surface area contributed by atoms with Gasteiger partial charge in [-0.2, -0.15) is 0 Å². The van der Waals surface area contributed by atoms with Gasteiger partial charge in [-0.1, -0.05) is 61.1 Å².